The Morgan fingerprint density at radius 2 is 1.87 bits per heavy atom. The highest BCUT2D eigenvalue weighted by atomic mass is 19.4. The SMILES string of the molecule is Cc1cccc(CNC(=O)/C=C/c2ccc(C(F)(F)F)cc2)n1. The Bertz CT molecular complexity index is 707. The van der Waals surface area contributed by atoms with Crippen LogP contribution in [0.5, 0.6) is 0 Å². The maximum Gasteiger partial charge on any atom is 0.416 e. The quantitative estimate of drug-likeness (QED) is 0.872. The van der Waals surface area contributed by atoms with E-state index in [1.165, 1.54) is 24.3 Å². The first kappa shape index (κ1) is 16.7. The number of benzene rings is 1. The molecule has 0 aliphatic carbocycles. The molecule has 6 heteroatoms. The first-order valence-corrected chi connectivity index (χ1v) is 6.90. The molecule has 2 aromatic rings. The van der Waals surface area contributed by atoms with Gasteiger partial charge in [0.1, 0.15) is 0 Å². The minimum absolute atomic E-state index is 0.290. The highest BCUT2D eigenvalue weighted by Gasteiger charge is 2.29. The van der Waals surface area contributed by atoms with E-state index in [0.29, 0.717) is 5.56 Å². The van der Waals surface area contributed by atoms with E-state index in [9.17, 15) is 18.0 Å². The molecule has 1 aromatic carbocycles. The summed E-state index contributed by atoms with van der Waals surface area (Å²) in [6, 6.07) is 10.1. The molecule has 0 bridgehead atoms. The van der Waals surface area contributed by atoms with Crippen LogP contribution in [0.25, 0.3) is 6.08 Å². The molecule has 23 heavy (non-hydrogen) atoms. The summed E-state index contributed by atoms with van der Waals surface area (Å²) in [7, 11) is 0. The summed E-state index contributed by atoms with van der Waals surface area (Å²) in [4.78, 5) is 15.9. The fraction of sp³-hybridized carbons (Fsp3) is 0.176. The molecule has 0 saturated carbocycles. The highest BCUT2D eigenvalue weighted by molar-refractivity contribution is 5.91. The Morgan fingerprint density at radius 1 is 1.17 bits per heavy atom. The van der Waals surface area contributed by atoms with Crippen molar-refractivity contribution in [1.82, 2.24) is 10.3 Å². The van der Waals surface area contributed by atoms with Crippen LogP contribution in [0.4, 0.5) is 13.2 Å². The summed E-state index contributed by atoms with van der Waals surface area (Å²) in [5.41, 5.74) is 1.39. The number of carbonyl (C=O) groups is 1. The molecule has 0 fully saturated rings. The lowest BCUT2D eigenvalue weighted by atomic mass is 10.1. The molecule has 0 spiro atoms. The summed E-state index contributed by atoms with van der Waals surface area (Å²) < 4.78 is 37.3. The number of aromatic nitrogens is 1. The van der Waals surface area contributed by atoms with Gasteiger partial charge in [0.05, 0.1) is 17.8 Å². The van der Waals surface area contributed by atoms with E-state index in [-0.39, 0.29) is 12.5 Å². The predicted molar refractivity (Wildman–Crippen MR) is 81.3 cm³/mol. The number of amides is 1. The van der Waals surface area contributed by atoms with Gasteiger partial charge in [-0.25, -0.2) is 0 Å². The van der Waals surface area contributed by atoms with Crippen LogP contribution in [0.15, 0.2) is 48.5 Å². The van der Waals surface area contributed by atoms with Gasteiger partial charge >= 0.3 is 6.18 Å². The third-order valence-corrected chi connectivity index (χ3v) is 3.05. The van der Waals surface area contributed by atoms with Crippen molar-refractivity contribution in [3.8, 4) is 0 Å². The van der Waals surface area contributed by atoms with Crippen LogP contribution in [0.1, 0.15) is 22.5 Å². The number of nitrogens with zero attached hydrogens (tertiary/aromatic N) is 1. The minimum atomic E-state index is -4.36. The van der Waals surface area contributed by atoms with E-state index in [1.54, 1.807) is 6.07 Å². The van der Waals surface area contributed by atoms with Gasteiger partial charge in [-0.05, 0) is 42.8 Å². The molecular weight excluding hydrogens is 305 g/mol. The number of hydrogen-bond donors (Lipinski definition) is 1. The van der Waals surface area contributed by atoms with Gasteiger partial charge in [-0.2, -0.15) is 13.2 Å². The second-order valence-corrected chi connectivity index (χ2v) is 4.94. The van der Waals surface area contributed by atoms with Gasteiger partial charge in [-0.15, -0.1) is 0 Å². The maximum atomic E-state index is 12.4. The molecule has 2 rings (SSSR count). The van der Waals surface area contributed by atoms with Gasteiger partial charge in [-0.1, -0.05) is 18.2 Å². The largest absolute Gasteiger partial charge is 0.416 e. The number of pyridine rings is 1. The Balaban J connectivity index is 1.91. The number of nitrogens with one attached hydrogen (secondary N) is 1. The molecule has 0 saturated heterocycles. The number of aryl methyl sites for hydroxylation is 1. The Morgan fingerprint density at radius 3 is 2.48 bits per heavy atom. The normalized spacial score (nSPS) is 11.7. The van der Waals surface area contributed by atoms with Crippen LogP contribution < -0.4 is 5.32 Å². The third-order valence-electron chi connectivity index (χ3n) is 3.05. The van der Waals surface area contributed by atoms with Crippen LogP contribution in [0.2, 0.25) is 0 Å². The van der Waals surface area contributed by atoms with Crippen molar-refractivity contribution in [3.05, 3.63) is 71.1 Å². The van der Waals surface area contributed by atoms with Crippen molar-refractivity contribution < 1.29 is 18.0 Å². The summed E-state index contributed by atoms with van der Waals surface area (Å²) in [6.45, 7) is 2.15. The Hall–Kier alpha value is -2.63. The zero-order valence-electron chi connectivity index (χ0n) is 12.4. The summed E-state index contributed by atoms with van der Waals surface area (Å²) >= 11 is 0. The average Bonchev–Trinajstić information content (AvgIpc) is 2.50. The second kappa shape index (κ2) is 7.09. The minimum Gasteiger partial charge on any atom is -0.347 e. The van der Waals surface area contributed by atoms with Crippen LogP contribution in [-0.2, 0) is 17.5 Å². The fourth-order valence-electron chi connectivity index (χ4n) is 1.89. The van der Waals surface area contributed by atoms with Crippen molar-refractivity contribution in [2.45, 2.75) is 19.6 Å². The van der Waals surface area contributed by atoms with Gasteiger partial charge < -0.3 is 5.32 Å². The molecule has 1 amide bonds. The van der Waals surface area contributed by atoms with Crippen LogP contribution >= 0.6 is 0 Å². The zero-order valence-corrected chi connectivity index (χ0v) is 12.4. The van der Waals surface area contributed by atoms with Crippen molar-refractivity contribution in [2.24, 2.45) is 0 Å². The van der Waals surface area contributed by atoms with Gasteiger partial charge in [0.25, 0.3) is 0 Å². The lowest BCUT2D eigenvalue weighted by Gasteiger charge is -2.06. The van der Waals surface area contributed by atoms with Crippen molar-refractivity contribution >= 4 is 12.0 Å². The number of rotatable bonds is 4. The first-order chi connectivity index (χ1) is 10.8. The second-order valence-electron chi connectivity index (χ2n) is 4.94. The number of alkyl halides is 3. The van der Waals surface area contributed by atoms with Gasteiger partial charge in [0.2, 0.25) is 5.91 Å². The van der Waals surface area contributed by atoms with Crippen LogP contribution in [-0.4, -0.2) is 10.9 Å². The molecule has 3 nitrogen and oxygen atoms in total. The molecule has 0 aliphatic heterocycles. The standard InChI is InChI=1S/C17H15F3N2O/c1-12-3-2-4-15(22-12)11-21-16(23)10-7-13-5-8-14(9-6-13)17(18,19)20/h2-10H,11H2,1H3,(H,21,23)/b10-7+. The van der Waals surface area contributed by atoms with Gasteiger partial charge in [-0.3, -0.25) is 9.78 Å². The smallest absolute Gasteiger partial charge is 0.347 e. The molecule has 1 heterocycles. The Labute approximate surface area is 131 Å². The molecular formula is C17H15F3N2O. The van der Waals surface area contributed by atoms with E-state index in [4.69, 9.17) is 0 Å². The predicted octanol–water partition coefficient (Wildman–Crippen LogP) is 3.74. The highest BCUT2D eigenvalue weighted by Crippen LogP contribution is 2.29. The lowest BCUT2D eigenvalue weighted by molar-refractivity contribution is -0.137. The molecule has 120 valence electrons. The number of carbonyl (C=O) groups excluding carboxylic acids is 1. The average molecular weight is 320 g/mol. The molecule has 0 unspecified atom stereocenters. The summed E-state index contributed by atoms with van der Waals surface area (Å²) in [5, 5.41) is 2.66. The molecule has 0 radical (unpaired) electrons. The zero-order chi connectivity index (χ0) is 16.9. The fourth-order valence-corrected chi connectivity index (χ4v) is 1.89. The van der Waals surface area contributed by atoms with E-state index in [2.05, 4.69) is 10.3 Å². The molecule has 1 aromatic heterocycles. The van der Waals surface area contributed by atoms with Crippen molar-refractivity contribution in [3.63, 3.8) is 0 Å². The van der Waals surface area contributed by atoms with E-state index in [1.807, 2.05) is 19.1 Å². The molecule has 0 aliphatic rings. The number of halogens is 3. The third kappa shape index (κ3) is 5.25. The van der Waals surface area contributed by atoms with Crippen LogP contribution in [0.3, 0.4) is 0 Å². The van der Waals surface area contributed by atoms with E-state index in [0.717, 1.165) is 23.5 Å². The van der Waals surface area contributed by atoms with Crippen molar-refractivity contribution in [1.29, 1.82) is 0 Å². The van der Waals surface area contributed by atoms with E-state index < -0.39 is 11.7 Å². The van der Waals surface area contributed by atoms with Crippen LogP contribution in [0, 0.1) is 6.92 Å². The first-order valence-electron chi connectivity index (χ1n) is 6.90. The maximum absolute atomic E-state index is 12.4. The number of hydrogen-bond acceptors (Lipinski definition) is 2. The van der Waals surface area contributed by atoms with Crippen molar-refractivity contribution in [2.75, 3.05) is 0 Å². The van der Waals surface area contributed by atoms with E-state index >= 15 is 0 Å². The summed E-state index contributed by atoms with van der Waals surface area (Å²) in [5.74, 6) is -0.340. The monoisotopic (exact) mass is 320 g/mol. The Kier molecular flexibility index (Phi) is 5.16. The van der Waals surface area contributed by atoms with Gasteiger partial charge in [0, 0.05) is 11.8 Å². The lowest BCUT2D eigenvalue weighted by Crippen LogP contribution is -2.20. The molecule has 0 atom stereocenters. The molecule has 1 N–H and O–H groups in total. The topological polar surface area (TPSA) is 42.0 Å². The van der Waals surface area contributed by atoms with Gasteiger partial charge in [0.15, 0.2) is 0 Å². The summed E-state index contributed by atoms with van der Waals surface area (Å²) in [6.07, 6.45) is -1.63.